The molecule has 0 saturated heterocycles. The number of nitrogens with one attached hydrogen (secondary N) is 1. The van der Waals surface area contributed by atoms with Gasteiger partial charge in [-0.1, -0.05) is 41.9 Å². The zero-order chi connectivity index (χ0) is 17.5. The molecule has 0 fully saturated rings. The van der Waals surface area contributed by atoms with Crippen molar-refractivity contribution in [1.29, 1.82) is 0 Å². The van der Waals surface area contributed by atoms with Crippen LogP contribution in [0.25, 0.3) is 0 Å². The highest BCUT2D eigenvalue weighted by Crippen LogP contribution is 2.21. The summed E-state index contributed by atoms with van der Waals surface area (Å²) in [6.07, 6.45) is 0.460. The van der Waals surface area contributed by atoms with Gasteiger partial charge in [0.2, 0.25) is 0 Å². The van der Waals surface area contributed by atoms with Crippen LogP contribution < -0.4 is 10.1 Å². The molecule has 4 nitrogen and oxygen atoms in total. The molecule has 1 atom stereocenters. The number of carbonyl (C=O) groups is 2. The first kappa shape index (κ1) is 18.0. The van der Waals surface area contributed by atoms with Gasteiger partial charge in [0.05, 0.1) is 6.04 Å². The van der Waals surface area contributed by atoms with Gasteiger partial charge in [-0.25, -0.2) is 0 Å². The smallest absolute Gasteiger partial charge is 0.258 e. The van der Waals surface area contributed by atoms with Crippen molar-refractivity contribution in [3.05, 3.63) is 64.7 Å². The quantitative estimate of drug-likeness (QED) is 0.837. The first-order valence-corrected chi connectivity index (χ1v) is 8.06. The van der Waals surface area contributed by atoms with Crippen LogP contribution in [-0.2, 0) is 16.0 Å². The van der Waals surface area contributed by atoms with E-state index in [9.17, 15) is 9.59 Å². The van der Waals surface area contributed by atoms with Crippen LogP contribution in [0.1, 0.15) is 18.1 Å². The molecule has 2 rings (SSSR count). The lowest BCUT2D eigenvalue weighted by Crippen LogP contribution is -2.43. The fourth-order valence-corrected chi connectivity index (χ4v) is 2.53. The summed E-state index contributed by atoms with van der Waals surface area (Å²) in [5.74, 6) is 0.173. The van der Waals surface area contributed by atoms with Gasteiger partial charge in [-0.2, -0.15) is 0 Å². The molecule has 2 aromatic rings. The molecule has 0 aliphatic rings. The zero-order valence-corrected chi connectivity index (χ0v) is 14.5. The van der Waals surface area contributed by atoms with E-state index in [1.807, 2.05) is 37.3 Å². The van der Waals surface area contributed by atoms with Gasteiger partial charge in [0, 0.05) is 5.02 Å². The summed E-state index contributed by atoms with van der Waals surface area (Å²) < 4.78 is 5.50. The maximum absolute atomic E-state index is 12.1. The number of benzene rings is 2. The maximum Gasteiger partial charge on any atom is 0.258 e. The average Bonchev–Trinajstić information content (AvgIpc) is 2.54. The van der Waals surface area contributed by atoms with Gasteiger partial charge >= 0.3 is 0 Å². The largest absolute Gasteiger partial charge is 0.484 e. The number of hydrogen-bond acceptors (Lipinski definition) is 3. The summed E-state index contributed by atoms with van der Waals surface area (Å²) in [6, 6.07) is 14.2. The van der Waals surface area contributed by atoms with E-state index in [1.54, 1.807) is 18.2 Å². The minimum absolute atomic E-state index is 0.0881. The standard InChI is InChI=1S/C19H20ClNO3/c1-13-10-16(20)8-9-18(13)24-12-19(23)21-17(14(2)22)11-15-6-4-3-5-7-15/h3-10,17H,11-12H2,1-2H3,(H,21,23)/t17-/m1/s1. The zero-order valence-electron chi connectivity index (χ0n) is 13.7. The predicted molar refractivity (Wildman–Crippen MR) is 94.4 cm³/mol. The number of hydrogen-bond donors (Lipinski definition) is 1. The van der Waals surface area contributed by atoms with E-state index in [-0.39, 0.29) is 18.3 Å². The SMILES string of the molecule is CC(=O)[C@@H](Cc1ccccc1)NC(=O)COc1ccc(Cl)cc1C. The Hall–Kier alpha value is -2.33. The second kappa shape index (κ2) is 8.50. The summed E-state index contributed by atoms with van der Waals surface area (Å²) in [4.78, 5) is 23.9. The van der Waals surface area contributed by atoms with Crippen molar-refractivity contribution in [2.24, 2.45) is 0 Å². The van der Waals surface area contributed by atoms with Gasteiger partial charge in [0.1, 0.15) is 5.75 Å². The number of rotatable bonds is 7. The summed E-state index contributed by atoms with van der Waals surface area (Å²) in [7, 11) is 0. The minimum atomic E-state index is -0.560. The lowest BCUT2D eigenvalue weighted by atomic mass is 10.0. The van der Waals surface area contributed by atoms with Gasteiger partial charge in [-0.05, 0) is 49.6 Å². The van der Waals surface area contributed by atoms with Crippen LogP contribution in [0.15, 0.2) is 48.5 Å². The Morgan fingerprint density at radius 2 is 1.88 bits per heavy atom. The van der Waals surface area contributed by atoms with Crippen molar-refractivity contribution >= 4 is 23.3 Å². The third-order valence-electron chi connectivity index (χ3n) is 3.60. The highest BCUT2D eigenvalue weighted by molar-refractivity contribution is 6.30. The van der Waals surface area contributed by atoms with E-state index in [0.717, 1.165) is 11.1 Å². The van der Waals surface area contributed by atoms with Crippen molar-refractivity contribution in [3.63, 3.8) is 0 Å². The number of ether oxygens (including phenoxy) is 1. The Morgan fingerprint density at radius 3 is 2.50 bits per heavy atom. The third kappa shape index (κ3) is 5.39. The fourth-order valence-electron chi connectivity index (χ4n) is 2.30. The number of aryl methyl sites for hydroxylation is 1. The number of Topliss-reactive ketones (excluding diaryl/α,β-unsaturated/α-hetero) is 1. The van der Waals surface area contributed by atoms with Crippen LogP contribution in [0.5, 0.6) is 5.75 Å². The summed E-state index contributed by atoms with van der Waals surface area (Å²) in [6.45, 7) is 3.17. The lowest BCUT2D eigenvalue weighted by molar-refractivity contribution is -0.128. The van der Waals surface area contributed by atoms with Crippen LogP contribution in [0.2, 0.25) is 5.02 Å². The van der Waals surface area contributed by atoms with Crippen molar-refractivity contribution in [3.8, 4) is 5.75 Å². The summed E-state index contributed by atoms with van der Waals surface area (Å²) in [5.41, 5.74) is 1.84. The maximum atomic E-state index is 12.1. The van der Waals surface area contributed by atoms with Gasteiger partial charge in [-0.15, -0.1) is 0 Å². The first-order valence-electron chi connectivity index (χ1n) is 7.68. The van der Waals surface area contributed by atoms with E-state index < -0.39 is 6.04 Å². The molecular weight excluding hydrogens is 326 g/mol. The van der Waals surface area contributed by atoms with Crippen molar-refractivity contribution in [2.45, 2.75) is 26.3 Å². The Labute approximate surface area is 146 Å². The molecule has 2 aromatic carbocycles. The normalized spacial score (nSPS) is 11.6. The molecule has 0 heterocycles. The highest BCUT2D eigenvalue weighted by atomic mass is 35.5. The number of carbonyl (C=O) groups excluding carboxylic acids is 2. The highest BCUT2D eigenvalue weighted by Gasteiger charge is 2.18. The summed E-state index contributed by atoms with van der Waals surface area (Å²) >= 11 is 5.89. The predicted octanol–water partition coefficient (Wildman–Crippen LogP) is 3.34. The molecule has 1 N–H and O–H groups in total. The molecule has 1 amide bonds. The molecule has 0 saturated carbocycles. The average molecular weight is 346 g/mol. The molecule has 0 spiro atoms. The molecule has 5 heteroatoms. The van der Waals surface area contributed by atoms with E-state index in [2.05, 4.69) is 5.32 Å². The van der Waals surface area contributed by atoms with Gasteiger partial charge < -0.3 is 10.1 Å². The Bertz CT molecular complexity index is 716. The second-order valence-corrected chi connectivity index (χ2v) is 6.06. The van der Waals surface area contributed by atoms with Crippen LogP contribution >= 0.6 is 11.6 Å². The van der Waals surface area contributed by atoms with Crippen molar-refractivity contribution in [2.75, 3.05) is 6.61 Å². The van der Waals surface area contributed by atoms with Crippen molar-refractivity contribution < 1.29 is 14.3 Å². The summed E-state index contributed by atoms with van der Waals surface area (Å²) in [5, 5.41) is 3.34. The van der Waals surface area contributed by atoms with Gasteiger partial charge in [0.25, 0.3) is 5.91 Å². The molecule has 0 aromatic heterocycles. The molecule has 0 radical (unpaired) electrons. The van der Waals surface area contributed by atoms with Crippen LogP contribution in [0.3, 0.4) is 0 Å². The van der Waals surface area contributed by atoms with E-state index in [0.29, 0.717) is 17.2 Å². The Morgan fingerprint density at radius 1 is 1.17 bits per heavy atom. The van der Waals surface area contributed by atoms with E-state index in [1.165, 1.54) is 6.92 Å². The molecular formula is C19H20ClNO3. The Balaban J connectivity index is 1.92. The Kier molecular flexibility index (Phi) is 6.38. The molecule has 0 aliphatic carbocycles. The van der Waals surface area contributed by atoms with Gasteiger partial charge in [0.15, 0.2) is 12.4 Å². The molecule has 0 bridgehead atoms. The first-order chi connectivity index (χ1) is 11.5. The molecule has 0 aliphatic heterocycles. The number of amides is 1. The lowest BCUT2D eigenvalue weighted by Gasteiger charge is -2.16. The molecule has 0 unspecified atom stereocenters. The molecule has 24 heavy (non-hydrogen) atoms. The third-order valence-corrected chi connectivity index (χ3v) is 3.84. The van der Waals surface area contributed by atoms with Crippen LogP contribution in [0, 0.1) is 6.92 Å². The van der Waals surface area contributed by atoms with E-state index >= 15 is 0 Å². The monoisotopic (exact) mass is 345 g/mol. The van der Waals surface area contributed by atoms with Gasteiger partial charge in [-0.3, -0.25) is 9.59 Å². The molecule has 126 valence electrons. The second-order valence-electron chi connectivity index (χ2n) is 5.62. The van der Waals surface area contributed by atoms with Crippen LogP contribution in [-0.4, -0.2) is 24.3 Å². The fraction of sp³-hybridized carbons (Fsp3) is 0.263. The van der Waals surface area contributed by atoms with Crippen LogP contribution in [0.4, 0.5) is 0 Å². The number of ketones is 1. The van der Waals surface area contributed by atoms with E-state index in [4.69, 9.17) is 16.3 Å². The van der Waals surface area contributed by atoms with Crippen molar-refractivity contribution in [1.82, 2.24) is 5.32 Å². The topological polar surface area (TPSA) is 55.4 Å². The number of halogens is 1. The minimum Gasteiger partial charge on any atom is -0.484 e.